The first-order valence-corrected chi connectivity index (χ1v) is 10.3. The second kappa shape index (κ2) is 7.41. The van der Waals surface area contributed by atoms with Gasteiger partial charge in [-0.1, -0.05) is 30.3 Å². The maximum Gasteiger partial charge on any atom is 0.254 e. The highest BCUT2D eigenvalue weighted by molar-refractivity contribution is 7.91. The molecule has 2 heterocycles. The lowest BCUT2D eigenvalue weighted by Gasteiger charge is -2.23. The zero-order valence-corrected chi connectivity index (χ0v) is 15.6. The average molecular weight is 374 g/mol. The van der Waals surface area contributed by atoms with Crippen molar-refractivity contribution in [2.75, 3.05) is 23.5 Å². The van der Waals surface area contributed by atoms with Gasteiger partial charge in [-0.3, -0.25) is 4.79 Å². The van der Waals surface area contributed by atoms with E-state index in [1.165, 1.54) is 12.4 Å². The van der Waals surface area contributed by atoms with E-state index < -0.39 is 9.84 Å². The molecule has 1 aromatic carbocycles. The van der Waals surface area contributed by atoms with Crippen LogP contribution in [0.4, 0.5) is 5.95 Å². The largest absolute Gasteiger partial charge is 0.345 e. The molecule has 0 aliphatic carbocycles. The van der Waals surface area contributed by atoms with Crippen LogP contribution in [0.25, 0.3) is 0 Å². The van der Waals surface area contributed by atoms with E-state index in [4.69, 9.17) is 0 Å². The van der Waals surface area contributed by atoms with Crippen LogP contribution in [-0.2, 0) is 9.84 Å². The van der Waals surface area contributed by atoms with Gasteiger partial charge in [0.25, 0.3) is 5.91 Å². The van der Waals surface area contributed by atoms with Gasteiger partial charge in [0, 0.05) is 25.5 Å². The molecule has 8 heteroatoms. The van der Waals surface area contributed by atoms with Crippen molar-refractivity contribution in [2.45, 2.75) is 25.4 Å². The molecule has 1 fully saturated rings. The van der Waals surface area contributed by atoms with Crippen LogP contribution in [0.15, 0.2) is 42.7 Å². The summed E-state index contributed by atoms with van der Waals surface area (Å²) in [6.07, 6.45) is 3.50. The standard InChI is InChI=1S/C18H22N4O3S/c1-13(14-6-4-3-5-7-14)21-17(23)15-10-19-18(20-11-15)22(2)16-8-9-26(24,25)12-16/h3-7,10-11,13,16H,8-9,12H2,1-2H3,(H,21,23). The molecule has 7 nitrogen and oxygen atoms in total. The number of benzene rings is 1. The molecule has 1 saturated heterocycles. The summed E-state index contributed by atoms with van der Waals surface area (Å²) in [6, 6.07) is 9.43. The monoisotopic (exact) mass is 374 g/mol. The summed E-state index contributed by atoms with van der Waals surface area (Å²) in [5.74, 6) is 0.475. The Morgan fingerprint density at radius 1 is 1.23 bits per heavy atom. The first-order valence-electron chi connectivity index (χ1n) is 8.47. The third-order valence-electron chi connectivity index (χ3n) is 4.62. The fourth-order valence-electron chi connectivity index (χ4n) is 2.97. The molecule has 0 spiro atoms. The van der Waals surface area contributed by atoms with E-state index in [9.17, 15) is 13.2 Å². The third kappa shape index (κ3) is 4.19. The Hall–Kier alpha value is -2.48. The molecule has 26 heavy (non-hydrogen) atoms. The summed E-state index contributed by atoms with van der Waals surface area (Å²) in [5, 5.41) is 2.92. The van der Waals surface area contributed by atoms with Crippen molar-refractivity contribution >= 4 is 21.7 Å². The number of hydrogen-bond acceptors (Lipinski definition) is 6. The number of nitrogens with one attached hydrogen (secondary N) is 1. The number of anilines is 1. The minimum atomic E-state index is -2.97. The fourth-order valence-corrected chi connectivity index (χ4v) is 4.74. The fraction of sp³-hybridized carbons (Fsp3) is 0.389. The second-order valence-corrected chi connectivity index (χ2v) is 8.77. The van der Waals surface area contributed by atoms with Crippen molar-refractivity contribution in [1.29, 1.82) is 0 Å². The maximum atomic E-state index is 12.4. The number of carbonyl (C=O) groups is 1. The van der Waals surface area contributed by atoms with Gasteiger partial charge in [0.05, 0.1) is 23.1 Å². The quantitative estimate of drug-likeness (QED) is 0.854. The number of rotatable bonds is 5. The molecule has 0 saturated carbocycles. The minimum Gasteiger partial charge on any atom is -0.345 e. The van der Waals surface area contributed by atoms with Gasteiger partial charge < -0.3 is 10.2 Å². The minimum absolute atomic E-state index is 0.115. The van der Waals surface area contributed by atoms with Crippen molar-refractivity contribution < 1.29 is 13.2 Å². The Labute approximate surface area is 153 Å². The highest BCUT2D eigenvalue weighted by Gasteiger charge is 2.31. The van der Waals surface area contributed by atoms with Crippen LogP contribution in [-0.4, -0.2) is 48.9 Å². The van der Waals surface area contributed by atoms with Gasteiger partial charge in [-0.2, -0.15) is 0 Å². The molecular formula is C18H22N4O3S. The number of hydrogen-bond donors (Lipinski definition) is 1. The predicted octanol–water partition coefficient (Wildman–Crippen LogP) is 1.59. The first kappa shape index (κ1) is 18.3. The first-order chi connectivity index (χ1) is 12.4. The third-order valence-corrected chi connectivity index (χ3v) is 6.37. The van der Waals surface area contributed by atoms with Crippen molar-refractivity contribution in [3.63, 3.8) is 0 Å². The van der Waals surface area contributed by atoms with Crippen LogP contribution in [0.1, 0.15) is 35.3 Å². The Kier molecular flexibility index (Phi) is 5.22. The summed E-state index contributed by atoms with van der Waals surface area (Å²) in [5.41, 5.74) is 1.38. The van der Waals surface area contributed by atoms with Crippen LogP contribution in [0.5, 0.6) is 0 Å². The van der Waals surface area contributed by atoms with E-state index >= 15 is 0 Å². The normalized spacial score (nSPS) is 19.7. The molecule has 0 bridgehead atoms. The average Bonchev–Trinajstić information content (AvgIpc) is 3.01. The molecule has 1 N–H and O–H groups in total. The van der Waals surface area contributed by atoms with E-state index in [1.54, 1.807) is 11.9 Å². The van der Waals surface area contributed by atoms with Gasteiger partial charge in [0.1, 0.15) is 0 Å². The Balaban J connectivity index is 1.64. The molecule has 138 valence electrons. The topological polar surface area (TPSA) is 92.3 Å². The van der Waals surface area contributed by atoms with Crippen molar-refractivity contribution in [1.82, 2.24) is 15.3 Å². The van der Waals surface area contributed by atoms with Crippen LogP contribution in [0, 0.1) is 0 Å². The van der Waals surface area contributed by atoms with E-state index in [-0.39, 0.29) is 29.5 Å². The zero-order chi connectivity index (χ0) is 18.7. The van der Waals surface area contributed by atoms with Crippen molar-refractivity contribution in [2.24, 2.45) is 0 Å². The highest BCUT2D eigenvalue weighted by atomic mass is 32.2. The Morgan fingerprint density at radius 3 is 2.46 bits per heavy atom. The van der Waals surface area contributed by atoms with Crippen molar-refractivity contribution in [3.05, 3.63) is 53.9 Å². The summed E-state index contributed by atoms with van der Waals surface area (Å²) >= 11 is 0. The van der Waals surface area contributed by atoms with Crippen molar-refractivity contribution in [3.8, 4) is 0 Å². The van der Waals surface area contributed by atoms with Gasteiger partial charge in [0.2, 0.25) is 5.95 Å². The van der Waals surface area contributed by atoms with Crippen LogP contribution < -0.4 is 10.2 Å². The Bertz CT molecular complexity index is 869. The van der Waals surface area contributed by atoms with E-state index in [2.05, 4.69) is 15.3 Å². The smallest absolute Gasteiger partial charge is 0.254 e. The van der Waals surface area contributed by atoms with Gasteiger partial charge in [0.15, 0.2) is 9.84 Å². The predicted molar refractivity (Wildman–Crippen MR) is 99.8 cm³/mol. The summed E-state index contributed by atoms with van der Waals surface area (Å²) in [6.45, 7) is 1.91. The highest BCUT2D eigenvalue weighted by Crippen LogP contribution is 2.20. The molecule has 1 aliphatic rings. The molecule has 3 rings (SSSR count). The van der Waals surface area contributed by atoms with Gasteiger partial charge in [-0.05, 0) is 18.9 Å². The summed E-state index contributed by atoms with van der Waals surface area (Å²) < 4.78 is 23.2. The lowest BCUT2D eigenvalue weighted by atomic mass is 10.1. The summed E-state index contributed by atoms with van der Waals surface area (Å²) in [7, 11) is -1.20. The molecule has 0 radical (unpaired) electrons. The van der Waals surface area contributed by atoms with E-state index in [0.29, 0.717) is 17.9 Å². The molecule has 1 aromatic heterocycles. The molecule has 2 unspecified atom stereocenters. The number of nitrogens with zero attached hydrogens (tertiary/aromatic N) is 3. The number of aromatic nitrogens is 2. The molecule has 2 atom stereocenters. The lowest BCUT2D eigenvalue weighted by molar-refractivity contribution is 0.0939. The van der Waals surface area contributed by atoms with Crippen LogP contribution in [0.2, 0.25) is 0 Å². The van der Waals surface area contributed by atoms with Gasteiger partial charge in [-0.25, -0.2) is 18.4 Å². The van der Waals surface area contributed by atoms with Gasteiger partial charge >= 0.3 is 0 Å². The van der Waals surface area contributed by atoms with E-state index in [0.717, 1.165) is 5.56 Å². The maximum absolute atomic E-state index is 12.4. The van der Waals surface area contributed by atoms with Gasteiger partial charge in [-0.15, -0.1) is 0 Å². The lowest BCUT2D eigenvalue weighted by Crippen LogP contribution is -2.34. The molecular weight excluding hydrogens is 352 g/mol. The molecule has 1 amide bonds. The zero-order valence-electron chi connectivity index (χ0n) is 14.8. The number of carbonyl (C=O) groups excluding carboxylic acids is 1. The second-order valence-electron chi connectivity index (χ2n) is 6.55. The SMILES string of the molecule is CC(NC(=O)c1cnc(N(C)C2CCS(=O)(=O)C2)nc1)c1ccccc1. The number of amides is 1. The van der Waals surface area contributed by atoms with E-state index in [1.807, 2.05) is 37.3 Å². The van der Waals surface area contributed by atoms with Crippen LogP contribution >= 0.6 is 0 Å². The molecule has 1 aliphatic heterocycles. The van der Waals surface area contributed by atoms with Crippen LogP contribution in [0.3, 0.4) is 0 Å². The number of sulfone groups is 1. The summed E-state index contributed by atoms with van der Waals surface area (Å²) in [4.78, 5) is 22.6. The Morgan fingerprint density at radius 2 is 1.88 bits per heavy atom. The molecule has 2 aromatic rings.